The maximum atomic E-state index is 6.57. The number of aryl methyl sites for hydroxylation is 2. The summed E-state index contributed by atoms with van der Waals surface area (Å²) in [6.45, 7) is 18.5. The molecule has 0 saturated heterocycles. The zero-order valence-corrected chi connectivity index (χ0v) is 43.7. The Labute approximate surface area is 396 Å². The van der Waals surface area contributed by atoms with Crippen molar-refractivity contribution in [2.24, 2.45) is 5.92 Å². The second-order valence-corrected chi connectivity index (χ2v) is 29.7. The fourth-order valence-electron chi connectivity index (χ4n) is 9.01. The molecule has 64 heavy (non-hydrogen) atoms. The molecular formula is C57H60GeIrN4O-2. The quantitative estimate of drug-likeness (QED) is 0.101. The minimum atomic E-state index is -1.86. The van der Waals surface area contributed by atoms with Crippen LogP contribution in [-0.2, 0) is 33.1 Å². The monoisotopic (exact) mass is 1080 g/mol. The Morgan fingerprint density at radius 2 is 1.38 bits per heavy atom. The molecule has 0 spiro atoms. The number of imidazole rings is 1. The van der Waals surface area contributed by atoms with Gasteiger partial charge in [-0.3, -0.25) is 9.97 Å². The molecule has 4 heterocycles. The van der Waals surface area contributed by atoms with Crippen LogP contribution in [0.15, 0.2) is 126 Å². The largest absolute Gasteiger partial charge is 0.499 e. The maximum Gasteiger partial charge on any atom is 0.142 e. The Hall–Kier alpha value is -5.14. The third-order valence-corrected chi connectivity index (χ3v) is 16.3. The van der Waals surface area contributed by atoms with Gasteiger partial charge in [-0.25, -0.2) is 0 Å². The number of furan rings is 1. The first kappa shape index (κ1) is 46.8. The molecule has 9 rings (SSSR count). The predicted octanol–water partition coefficient (Wildman–Crippen LogP) is 14.7. The van der Waals surface area contributed by atoms with Crippen molar-refractivity contribution < 1.29 is 24.5 Å². The molecule has 0 aliphatic rings. The number of benzene rings is 5. The van der Waals surface area contributed by atoms with Gasteiger partial charge >= 0.3 is 126 Å². The second-order valence-electron chi connectivity index (χ2n) is 19.1. The van der Waals surface area contributed by atoms with Crippen LogP contribution < -0.4 is 4.40 Å². The summed E-state index contributed by atoms with van der Waals surface area (Å²) in [4.78, 5) is 14.6. The van der Waals surface area contributed by atoms with E-state index in [1.807, 2.05) is 38.1 Å². The number of rotatable bonds is 10. The molecule has 9 aromatic rings. The van der Waals surface area contributed by atoms with Crippen molar-refractivity contribution in [2.45, 2.75) is 97.5 Å². The minimum absolute atomic E-state index is 0. The average Bonchev–Trinajstić information content (AvgIpc) is 3.82. The first-order valence-electron chi connectivity index (χ1n) is 22.5. The average molecular weight is 1080 g/mol. The van der Waals surface area contributed by atoms with Gasteiger partial charge in [0.25, 0.3) is 0 Å². The molecule has 0 fully saturated rings. The Bertz CT molecular complexity index is 3020. The van der Waals surface area contributed by atoms with Crippen LogP contribution in [0.1, 0.15) is 87.0 Å². The zero-order valence-electron chi connectivity index (χ0n) is 39.2. The summed E-state index contributed by atoms with van der Waals surface area (Å²) < 4.78 is 10.5. The Balaban J connectivity index is 0.000000246. The van der Waals surface area contributed by atoms with Crippen molar-refractivity contribution in [1.82, 2.24) is 19.5 Å². The van der Waals surface area contributed by atoms with Crippen molar-refractivity contribution in [2.75, 3.05) is 0 Å². The van der Waals surface area contributed by atoms with E-state index in [2.05, 4.69) is 178 Å². The topological polar surface area (TPSA) is 56.7 Å². The molecule has 0 saturated carbocycles. The number of nitrogens with zero attached hydrogens (tertiary/aromatic N) is 4. The maximum absolute atomic E-state index is 6.57. The molecule has 329 valence electrons. The van der Waals surface area contributed by atoms with E-state index in [1.165, 1.54) is 33.4 Å². The molecule has 0 amide bonds. The fourth-order valence-corrected chi connectivity index (χ4v) is 12.3. The van der Waals surface area contributed by atoms with Gasteiger partial charge in [0.15, 0.2) is 0 Å². The summed E-state index contributed by atoms with van der Waals surface area (Å²) in [5, 5.41) is 2.15. The number of hydrogen-bond donors (Lipinski definition) is 0. The van der Waals surface area contributed by atoms with E-state index in [9.17, 15) is 0 Å². The minimum Gasteiger partial charge on any atom is -0.499 e. The molecule has 7 heteroatoms. The van der Waals surface area contributed by atoms with E-state index in [0.29, 0.717) is 24.3 Å². The van der Waals surface area contributed by atoms with Gasteiger partial charge in [0, 0.05) is 37.7 Å². The Morgan fingerprint density at radius 1 is 0.688 bits per heavy atom. The molecule has 0 atom stereocenters. The first-order chi connectivity index (χ1) is 30.2. The van der Waals surface area contributed by atoms with Gasteiger partial charge in [-0.05, 0) is 71.7 Å². The number of aromatic nitrogens is 4. The standard InChI is InChI=1S/C39H36N3O.C18H24GeN.Ir/c1-23(2)31-20-28(27-13-8-7-9-14-27)21-32(24(3)4)34(31)22-42-36-18-11-10-17-35(36)41-39(42)30-16-12-15-29-33-19-25(5)40-26(6)37(33)43-38(29)30;1-14(2)11-16-12-18(15-9-7-6-8-10-15)20-13-17(16)19(3,4)5;/h7-15,17-21,23-24H,22H2,1-6H3;6-9,12-14H,11H2,1-5H3;/q2*-1;. The number of para-hydroxylation sites is 2. The van der Waals surface area contributed by atoms with Crippen LogP contribution in [0.25, 0.3) is 66.7 Å². The van der Waals surface area contributed by atoms with Gasteiger partial charge in [0.1, 0.15) is 5.58 Å². The van der Waals surface area contributed by atoms with Crippen molar-refractivity contribution >= 4 is 50.6 Å². The van der Waals surface area contributed by atoms with E-state index < -0.39 is 13.3 Å². The van der Waals surface area contributed by atoms with Crippen LogP contribution in [0.4, 0.5) is 0 Å². The van der Waals surface area contributed by atoms with Crippen molar-refractivity contribution in [3.05, 3.63) is 167 Å². The molecule has 5 nitrogen and oxygen atoms in total. The fraction of sp³-hybridized carbons (Fsp3) is 0.281. The Morgan fingerprint density at radius 3 is 2.03 bits per heavy atom. The summed E-state index contributed by atoms with van der Waals surface area (Å²) >= 11 is -1.86. The van der Waals surface area contributed by atoms with Crippen LogP contribution in [0.5, 0.6) is 0 Å². The zero-order chi connectivity index (χ0) is 44.6. The van der Waals surface area contributed by atoms with Crippen LogP contribution in [0, 0.1) is 31.9 Å². The van der Waals surface area contributed by atoms with Crippen molar-refractivity contribution in [1.29, 1.82) is 0 Å². The predicted molar refractivity (Wildman–Crippen MR) is 268 cm³/mol. The summed E-state index contributed by atoms with van der Waals surface area (Å²) in [6, 6.07) is 47.3. The number of hydrogen-bond acceptors (Lipinski definition) is 4. The van der Waals surface area contributed by atoms with Crippen LogP contribution in [-0.4, -0.2) is 32.8 Å². The summed E-state index contributed by atoms with van der Waals surface area (Å²) in [5.41, 5.74) is 16.7. The normalized spacial score (nSPS) is 11.8. The van der Waals surface area contributed by atoms with Gasteiger partial charge in [-0.1, -0.05) is 93.2 Å². The molecule has 0 bridgehead atoms. The van der Waals surface area contributed by atoms with Crippen LogP contribution in [0.2, 0.25) is 17.3 Å². The molecule has 0 N–H and O–H groups in total. The van der Waals surface area contributed by atoms with E-state index in [0.717, 1.165) is 73.4 Å². The SMILES string of the molecule is CC(C)Cc1cc(-c2[c-]cccc2)nc[c]1[Ge]([CH3])([CH3])[CH3].Cc1cc2c(oc3c(-c4nc5ccccc5n4Cc4c(C(C)C)cc(-c5ccccc5)cc4C(C)C)[c-]ccc32)c(C)n1.[Ir]. The number of fused-ring (bicyclic) bond motifs is 4. The molecule has 4 aromatic heterocycles. The molecule has 5 aromatic carbocycles. The first-order valence-corrected chi connectivity index (χ1v) is 29.9. The Kier molecular flexibility index (Phi) is 14.3. The molecule has 0 aliphatic carbocycles. The van der Waals surface area contributed by atoms with E-state index >= 15 is 0 Å². The van der Waals surface area contributed by atoms with Crippen LogP contribution in [0.3, 0.4) is 0 Å². The van der Waals surface area contributed by atoms with E-state index in [1.54, 1.807) is 4.40 Å². The van der Waals surface area contributed by atoms with Gasteiger partial charge < -0.3 is 8.98 Å². The molecule has 0 aliphatic heterocycles. The summed E-state index contributed by atoms with van der Waals surface area (Å²) in [5.74, 6) is 9.58. The molecule has 0 unspecified atom stereocenters. The smallest absolute Gasteiger partial charge is 0.142 e. The van der Waals surface area contributed by atoms with Gasteiger partial charge in [-0.2, -0.15) is 0 Å². The van der Waals surface area contributed by atoms with Gasteiger partial charge in [0.2, 0.25) is 0 Å². The van der Waals surface area contributed by atoms with Crippen molar-refractivity contribution in [3.8, 4) is 33.8 Å². The van der Waals surface area contributed by atoms with Gasteiger partial charge in [0.05, 0.1) is 28.1 Å². The van der Waals surface area contributed by atoms with Crippen molar-refractivity contribution in [3.63, 3.8) is 0 Å². The third kappa shape index (κ3) is 9.76. The second kappa shape index (κ2) is 19.5. The van der Waals surface area contributed by atoms with E-state index in [4.69, 9.17) is 14.4 Å². The molecule has 1 radical (unpaired) electrons. The van der Waals surface area contributed by atoms with Gasteiger partial charge in [-0.15, -0.1) is 18.2 Å². The summed E-state index contributed by atoms with van der Waals surface area (Å²) in [6.07, 6.45) is 3.27. The number of pyridine rings is 2. The van der Waals surface area contributed by atoms with Crippen LogP contribution >= 0.6 is 0 Å². The third-order valence-electron chi connectivity index (χ3n) is 12.0. The summed E-state index contributed by atoms with van der Waals surface area (Å²) in [7, 11) is 0. The van der Waals surface area contributed by atoms with E-state index in [-0.39, 0.29) is 20.1 Å². The molecular weight excluding hydrogens is 1020 g/mol.